The van der Waals surface area contributed by atoms with E-state index in [4.69, 9.17) is 4.74 Å². The van der Waals surface area contributed by atoms with Crippen molar-refractivity contribution in [3.8, 4) is 5.75 Å². The van der Waals surface area contributed by atoms with E-state index in [9.17, 15) is 14.7 Å². The van der Waals surface area contributed by atoms with Crippen LogP contribution in [0.1, 0.15) is 30.7 Å². The Bertz CT molecular complexity index is 719. The van der Waals surface area contributed by atoms with Gasteiger partial charge in [-0.15, -0.1) is 0 Å². The quantitative estimate of drug-likeness (QED) is 0.820. The van der Waals surface area contributed by atoms with E-state index in [1.807, 2.05) is 6.07 Å². The average molecular weight is 313 g/mol. The number of carbonyl (C=O) groups is 2. The van der Waals surface area contributed by atoms with Gasteiger partial charge in [0.05, 0.1) is 7.11 Å². The number of nitrogens with one attached hydrogen (secondary N) is 1. The highest BCUT2D eigenvalue weighted by Gasteiger charge is 2.43. The lowest BCUT2D eigenvalue weighted by Gasteiger charge is -2.38. The molecular formula is C18H19NO4. The lowest BCUT2D eigenvalue weighted by Crippen LogP contribution is -2.40. The van der Waals surface area contributed by atoms with E-state index in [1.165, 1.54) is 7.11 Å². The lowest BCUT2D eigenvalue weighted by atomic mass is 9.71. The van der Waals surface area contributed by atoms with Gasteiger partial charge in [-0.05, 0) is 30.5 Å². The first kappa shape index (κ1) is 15.3. The first-order chi connectivity index (χ1) is 11.0. The predicted molar refractivity (Wildman–Crippen MR) is 84.5 cm³/mol. The number of phenolic OH excluding ortho intramolecular Hbond substituents is 1. The van der Waals surface area contributed by atoms with Crippen molar-refractivity contribution in [1.82, 2.24) is 5.32 Å². The van der Waals surface area contributed by atoms with Crippen LogP contribution in [0.25, 0.3) is 0 Å². The first-order valence-electron chi connectivity index (χ1n) is 7.61. The van der Waals surface area contributed by atoms with Crippen LogP contribution in [-0.4, -0.2) is 24.0 Å². The van der Waals surface area contributed by atoms with Crippen molar-refractivity contribution >= 4 is 11.8 Å². The maximum absolute atomic E-state index is 12.5. The molecule has 120 valence electrons. The maximum Gasteiger partial charge on any atom is 0.315 e. The van der Waals surface area contributed by atoms with Crippen molar-refractivity contribution < 1.29 is 19.4 Å². The Balaban J connectivity index is 2.18. The molecule has 5 heteroatoms. The van der Waals surface area contributed by atoms with Gasteiger partial charge in [0, 0.05) is 29.3 Å². The smallest absolute Gasteiger partial charge is 0.315 e. The summed E-state index contributed by atoms with van der Waals surface area (Å²) < 4.78 is 4.92. The van der Waals surface area contributed by atoms with E-state index in [2.05, 4.69) is 11.9 Å². The van der Waals surface area contributed by atoms with Gasteiger partial charge in [0.1, 0.15) is 11.7 Å². The van der Waals surface area contributed by atoms with Gasteiger partial charge < -0.3 is 15.2 Å². The predicted octanol–water partition coefficient (Wildman–Crippen LogP) is 2.39. The van der Waals surface area contributed by atoms with Gasteiger partial charge in [-0.3, -0.25) is 9.59 Å². The normalized spacial score (nSPS) is 24.0. The minimum absolute atomic E-state index is 0.0356. The minimum Gasteiger partial charge on any atom is -0.508 e. The number of ether oxygens (including phenoxy) is 1. The highest BCUT2D eigenvalue weighted by molar-refractivity contribution is 6.00. The Morgan fingerprint density at radius 2 is 2.17 bits per heavy atom. The molecule has 1 aliphatic carbocycles. The molecule has 0 amide bonds. The maximum atomic E-state index is 12.5. The van der Waals surface area contributed by atoms with Gasteiger partial charge >= 0.3 is 5.97 Å². The van der Waals surface area contributed by atoms with E-state index >= 15 is 0 Å². The summed E-state index contributed by atoms with van der Waals surface area (Å²) in [7, 11) is 1.32. The molecule has 3 rings (SSSR count). The summed E-state index contributed by atoms with van der Waals surface area (Å²) in [5.74, 6) is -1.48. The molecule has 0 fully saturated rings. The van der Waals surface area contributed by atoms with E-state index < -0.39 is 17.8 Å². The molecule has 23 heavy (non-hydrogen) atoms. The van der Waals surface area contributed by atoms with Gasteiger partial charge in [0.25, 0.3) is 0 Å². The highest BCUT2D eigenvalue weighted by Crippen LogP contribution is 2.44. The fourth-order valence-corrected chi connectivity index (χ4v) is 3.48. The number of Topliss-reactive ketones (excluding diaryl/α,β-unsaturated/α-hetero) is 1. The van der Waals surface area contributed by atoms with Crippen LogP contribution in [-0.2, 0) is 14.3 Å². The van der Waals surface area contributed by atoms with Crippen LogP contribution in [0.2, 0.25) is 0 Å². The Morgan fingerprint density at radius 1 is 1.39 bits per heavy atom. The zero-order valence-electron chi connectivity index (χ0n) is 13.0. The van der Waals surface area contributed by atoms with Crippen LogP contribution >= 0.6 is 0 Å². The van der Waals surface area contributed by atoms with Crippen LogP contribution in [0.4, 0.5) is 0 Å². The van der Waals surface area contributed by atoms with Crippen LogP contribution < -0.4 is 5.32 Å². The average Bonchev–Trinajstić information content (AvgIpc) is 2.53. The molecule has 0 aromatic heterocycles. The number of methoxy groups -OCH3 is 1. The number of allylic oxidation sites excluding steroid dienone is 2. The second kappa shape index (κ2) is 5.91. The number of benzene rings is 1. The van der Waals surface area contributed by atoms with Crippen molar-refractivity contribution in [2.45, 2.75) is 25.2 Å². The Labute approximate surface area is 134 Å². The summed E-state index contributed by atoms with van der Waals surface area (Å²) in [5.41, 5.74) is 2.69. The van der Waals surface area contributed by atoms with Crippen molar-refractivity contribution in [2.24, 2.45) is 5.92 Å². The summed E-state index contributed by atoms with van der Waals surface area (Å²) in [4.78, 5) is 24.8. The zero-order chi connectivity index (χ0) is 16.6. The largest absolute Gasteiger partial charge is 0.508 e. The van der Waals surface area contributed by atoms with Crippen LogP contribution in [0, 0.1) is 5.92 Å². The van der Waals surface area contributed by atoms with E-state index in [0.29, 0.717) is 23.3 Å². The third kappa shape index (κ3) is 2.63. The summed E-state index contributed by atoms with van der Waals surface area (Å²) >= 11 is 0. The van der Waals surface area contributed by atoms with Gasteiger partial charge in [-0.25, -0.2) is 0 Å². The molecule has 1 aromatic rings. The van der Waals surface area contributed by atoms with E-state index in [0.717, 1.165) is 18.5 Å². The second-order valence-corrected chi connectivity index (χ2v) is 5.89. The number of esters is 1. The van der Waals surface area contributed by atoms with Crippen LogP contribution in [0.15, 0.2) is 47.8 Å². The number of aromatic hydroxyl groups is 1. The molecule has 0 bridgehead atoms. The molecule has 0 spiro atoms. The Morgan fingerprint density at radius 3 is 2.87 bits per heavy atom. The highest BCUT2D eigenvalue weighted by atomic mass is 16.5. The summed E-state index contributed by atoms with van der Waals surface area (Å²) in [5, 5.41) is 12.9. The van der Waals surface area contributed by atoms with Crippen molar-refractivity contribution in [1.29, 1.82) is 0 Å². The Kier molecular flexibility index (Phi) is 3.94. The summed E-state index contributed by atoms with van der Waals surface area (Å²) in [6, 6.07) is 6.67. The van der Waals surface area contributed by atoms with Gasteiger partial charge in [0.2, 0.25) is 0 Å². The number of ketones is 1. The molecule has 0 saturated heterocycles. The molecule has 1 aliphatic heterocycles. The monoisotopic (exact) mass is 313 g/mol. The fraction of sp³-hybridized carbons (Fsp3) is 0.333. The number of phenols is 1. The number of hydrogen-bond acceptors (Lipinski definition) is 5. The lowest BCUT2D eigenvalue weighted by molar-refractivity contribution is -0.144. The Hall–Kier alpha value is -2.56. The molecule has 1 heterocycles. The van der Waals surface area contributed by atoms with Crippen molar-refractivity contribution in [3.63, 3.8) is 0 Å². The second-order valence-electron chi connectivity index (χ2n) is 5.89. The summed E-state index contributed by atoms with van der Waals surface area (Å²) in [6.45, 7) is 3.96. The molecular weight excluding hydrogens is 294 g/mol. The molecule has 2 unspecified atom stereocenters. The summed E-state index contributed by atoms with van der Waals surface area (Å²) in [6.07, 6.45) is 2.01. The van der Waals surface area contributed by atoms with E-state index in [1.54, 1.807) is 18.2 Å². The number of hydrogen-bond donors (Lipinski definition) is 2. The molecule has 2 N–H and O–H groups in total. The first-order valence-corrected chi connectivity index (χ1v) is 7.61. The molecule has 0 saturated carbocycles. The third-order valence-electron chi connectivity index (χ3n) is 4.47. The standard InChI is InChI=1S/C18H19NO4/c1-10-15(18(22)23-2)16(11-5-3-6-12(20)9-11)17-13(19-10)7-4-8-14(17)21/h3,5-6,9,15-16,19-20H,1,4,7-8H2,2H3. The minimum atomic E-state index is -0.692. The van der Waals surface area contributed by atoms with Crippen molar-refractivity contribution in [3.05, 3.63) is 53.4 Å². The molecule has 2 aliphatic rings. The van der Waals surface area contributed by atoms with E-state index in [-0.39, 0.29) is 11.5 Å². The molecule has 0 radical (unpaired) electrons. The number of carbonyl (C=O) groups excluding carboxylic acids is 2. The van der Waals surface area contributed by atoms with Crippen LogP contribution in [0.5, 0.6) is 5.75 Å². The fourth-order valence-electron chi connectivity index (χ4n) is 3.48. The van der Waals surface area contributed by atoms with Gasteiger partial charge in [-0.2, -0.15) is 0 Å². The van der Waals surface area contributed by atoms with Crippen LogP contribution in [0.3, 0.4) is 0 Å². The molecule has 2 atom stereocenters. The molecule has 1 aromatic carbocycles. The SMILES string of the molecule is C=C1NC2=C(C(=O)CCC2)C(c2cccc(O)c2)C1C(=O)OC. The molecule has 5 nitrogen and oxygen atoms in total. The van der Waals surface area contributed by atoms with Gasteiger partial charge in [0.15, 0.2) is 5.78 Å². The number of rotatable bonds is 2. The zero-order valence-corrected chi connectivity index (χ0v) is 13.0. The topological polar surface area (TPSA) is 75.6 Å². The van der Waals surface area contributed by atoms with Crippen molar-refractivity contribution in [2.75, 3.05) is 7.11 Å². The third-order valence-corrected chi connectivity index (χ3v) is 4.47. The van der Waals surface area contributed by atoms with Gasteiger partial charge in [-0.1, -0.05) is 18.7 Å².